The van der Waals surface area contributed by atoms with Gasteiger partial charge in [0.1, 0.15) is 0 Å². The molecule has 72 valence electrons. The van der Waals surface area contributed by atoms with Crippen LogP contribution in [-0.4, -0.2) is 6.04 Å². The molecule has 0 aromatic heterocycles. The number of nitrogen functional groups attached to an aromatic ring is 1. The van der Waals surface area contributed by atoms with Crippen LogP contribution in [0.2, 0.25) is 5.02 Å². The number of benzene rings is 1. The normalized spacial score (nSPS) is 10.5. The van der Waals surface area contributed by atoms with Gasteiger partial charge in [-0.25, -0.2) is 0 Å². The van der Waals surface area contributed by atoms with Crippen molar-refractivity contribution in [3.8, 4) is 0 Å². The second-order valence-corrected chi connectivity index (χ2v) is 3.89. The maximum atomic E-state index is 5.91. The molecule has 3 N–H and O–H groups in total. The summed E-state index contributed by atoms with van der Waals surface area (Å²) in [5.41, 5.74) is 8.49. The molecule has 13 heavy (non-hydrogen) atoms. The van der Waals surface area contributed by atoms with Crippen molar-refractivity contribution >= 4 is 23.0 Å². The van der Waals surface area contributed by atoms with Crippen LogP contribution in [-0.2, 0) is 0 Å². The molecule has 1 aromatic rings. The van der Waals surface area contributed by atoms with Crippen molar-refractivity contribution < 1.29 is 0 Å². The Balaban J connectivity index is 3.01. The summed E-state index contributed by atoms with van der Waals surface area (Å²) in [6.07, 6.45) is 0. The Morgan fingerprint density at radius 2 is 2.00 bits per heavy atom. The molecule has 0 bridgehead atoms. The van der Waals surface area contributed by atoms with Crippen molar-refractivity contribution in [2.45, 2.75) is 26.8 Å². The molecule has 1 rings (SSSR count). The fourth-order valence-electron chi connectivity index (χ4n) is 1.13. The number of nitrogens with two attached hydrogens (primary N) is 1. The van der Waals surface area contributed by atoms with Crippen LogP contribution in [0.25, 0.3) is 0 Å². The van der Waals surface area contributed by atoms with Crippen LogP contribution in [0.5, 0.6) is 0 Å². The molecule has 0 saturated carbocycles. The van der Waals surface area contributed by atoms with Gasteiger partial charge in [0.05, 0.1) is 11.4 Å². The van der Waals surface area contributed by atoms with Gasteiger partial charge in [-0.3, -0.25) is 0 Å². The van der Waals surface area contributed by atoms with Gasteiger partial charge < -0.3 is 11.1 Å². The van der Waals surface area contributed by atoms with Crippen LogP contribution >= 0.6 is 11.6 Å². The summed E-state index contributed by atoms with van der Waals surface area (Å²) in [6.45, 7) is 6.11. The smallest absolute Gasteiger partial charge is 0.0579 e. The molecule has 0 unspecified atom stereocenters. The van der Waals surface area contributed by atoms with Gasteiger partial charge in [0.15, 0.2) is 0 Å². The molecular weight excluding hydrogens is 184 g/mol. The van der Waals surface area contributed by atoms with Gasteiger partial charge in [0.25, 0.3) is 0 Å². The molecule has 0 heterocycles. The minimum absolute atomic E-state index is 0.378. The molecule has 0 atom stereocenters. The van der Waals surface area contributed by atoms with Crippen LogP contribution in [0.4, 0.5) is 11.4 Å². The van der Waals surface area contributed by atoms with Crippen molar-refractivity contribution in [3.63, 3.8) is 0 Å². The van der Waals surface area contributed by atoms with Crippen LogP contribution < -0.4 is 11.1 Å². The molecule has 0 amide bonds. The summed E-state index contributed by atoms with van der Waals surface area (Å²) in [7, 11) is 0. The van der Waals surface area contributed by atoms with E-state index in [0.717, 1.165) is 11.3 Å². The SMILES string of the molecule is Cc1cc(NC(C)C)c(N)cc1Cl. The zero-order chi connectivity index (χ0) is 10.0. The van der Waals surface area contributed by atoms with Crippen molar-refractivity contribution in [1.82, 2.24) is 0 Å². The second kappa shape index (κ2) is 3.88. The summed E-state index contributed by atoms with van der Waals surface area (Å²) in [6, 6.07) is 4.13. The molecule has 0 saturated heterocycles. The Morgan fingerprint density at radius 3 is 2.54 bits per heavy atom. The number of nitrogens with one attached hydrogen (secondary N) is 1. The van der Waals surface area contributed by atoms with Crippen molar-refractivity contribution in [3.05, 3.63) is 22.7 Å². The van der Waals surface area contributed by atoms with E-state index in [4.69, 9.17) is 17.3 Å². The first kappa shape index (κ1) is 10.2. The van der Waals surface area contributed by atoms with Gasteiger partial charge in [-0.1, -0.05) is 11.6 Å². The number of halogens is 1. The van der Waals surface area contributed by atoms with Gasteiger partial charge in [0.2, 0.25) is 0 Å². The highest BCUT2D eigenvalue weighted by molar-refractivity contribution is 6.31. The lowest BCUT2D eigenvalue weighted by Crippen LogP contribution is -2.11. The number of rotatable bonds is 2. The fraction of sp³-hybridized carbons (Fsp3) is 0.400. The first-order valence-corrected chi connectivity index (χ1v) is 4.70. The monoisotopic (exact) mass is 198 g/mol. The maximum Gasteiger partial charge on any atom is 0.0579 e. The van der Waals surface area contributed by atoms with Gasteiger partial charge in [-0.2, -0.15) is 0 Å². The lowest BCUT2D eigenvalue weighted by Gasteiger charge is -2.13. The third-order valence-corrected chi connectivity index (χ3v) is 2.18. The van der Waals surface area contributed by atoms with Crippen molar-refractivity contribution in [2.75, 3.05) is 11.1 Å². The first-order chi connectivity index (χ1) is 6.00. The van der Waals surface area contributed by atoms with Gasteiger partial charge in [-0.15, -0.1) is 0 Å². The zero-order valence-corrected chi connectivity index (χ0v) is 8.94. The van der Waals surface area contributed by atoms with E-state index in [2.05, 4.69) is 19.2 Å². The standard InChI is InChI=1S/C10H15ClN2/c1-6(2)13-10-4-7(3)8(11)5-9(10)12/h4-6,13H,12H2,1-3H3. The number of hydrogen-bond donors (Lipinski definition) is 2. The molecule has 0 aliphatic rings. The molecule has 1 aromatic carbocycles. The van der Waals surface area contributed by atoms with E-state index in [1.54, 1.807) is 6.07 Å². The van der Waals surface area contributed by atoms with Gasteiger partial charge >= 0.3 is 0 Å². The zero-order valence-electron chi connectivity index (χ0n) is 8.19. The lowest BCUT2D eigenvalue weighted by molar-refractivity contribution is 0.900. The molecular formula is C10H15ClN2. The highest BCUT2D eigenvalue weighted by atomic mass is 35.5. The Labute approximate surface area is 84.1 Å². The molecule has 0 aliphatic heterocycles. The van der Waals surface area contributed by atoms with Crippen molar-refractivity contribution in [1.29, 1.82) is 0 Å². The quantitative estimate of drug-likeness (QED) is 0.717. The molecule has 2 nitrogen and oxygen atoms in total. The van der Waals surface area contributed by atoms with E-state index in [1.807, 2.05) is 13.0 Å². The molecule has 0 radical (unpaired) electrons. The lowest BCUT2D eigenvalue weighted by atomic mass is 10.2. The van der Waals surface area contributed by atoms with Gasteiger partial charge in [0, 0.05) is 11.1 Å². The first-order valence-electron chi connectivity index (χ1n) is 4.33. The number of hydrogen-bond acceptors (Lipinski definition) is 2. The summed E-state index contributed by atoms with van der Waals surface area (Å²) < 4.78 is 0. The van der Waals surface area contributed by atoms with E-state index in [9.17, 15) is 0 Å². The van der Waals surface area contributed by atoms with Crippen LogP contribution in [0.3, 0.4) is 0 Å². The summed E-state index contributed by atoms with van der Waals surface area (Å²) in [4.78, 5) is 0. The molecule has 3 heteroatoms. The van der Waals surface area contributed by atoms with E-state index >= 15 is 0 Å². The van der Waals surface area contributed by atoms with Crippen LogP contribution in [0.1, 0.15) is 19.4 Å². The second-order valence-electron chi connectivity index (χ2n) is 3.49. The fourth-order valence-corrected chi connectivity index (χ4v) is 1.31. The predicted molar refractivity (Wildman–Crippen MR) is 59.4 cm³/mol. The largest absolute Gasteiger partial charge is 0.397 e. The third kappa shape index (κ3) is 2.52. The van der Waals surface area contributed by atoms with Crippen molar-refractivity contribution in [2.24, 2.45) is 0 Å². The summed E-state index contributed by atoms with van der Waals surface area (Å²) in [5, 5.41) is 3.97. The topological polar surface area (TPSA) is 38.0 Å². The molecule has 0 fully saturated rings. The van der Waals surface area contributed by atoms with Gasteiger partial charge in [-0.05, 0) is 38.5 Å². The Hall–Kier alpha value is -0.890. The molecule has 0 aliphatic carbocycles. The van der Waals surface area contributed by atoms with E-state index in [0.29, 0.717) is 16.8 Å². The average molecular weight is 199 g/mol. The Morgan fingerprint density at radius 1 is 1.38 bits per heavy atom. The highest BCUT2D eigenvalue weighted by Crippen LogP contribution is 2.26. The predicted octanol–water partition coefficient (Wildman–Crippen LogP) is 3.05. The maximum absolute atomic E-state index is 5.91. The number of anilines is 2. The Kier molecular flexibility index (Phi) is 3.04. The Bertz CT molecular complexity index is 308. The van der Waals surface area contributed by atoms with E-state index < -0.39 is 0 Å². The van der Waals surface area contributed by atoms with E-state index in [-0.39, 0.29) is 0 Å². The minimum atomic E-state index is 0.378. The third-order valence-electron chi connectivity index (χ3n) is 1.77. The highest BCUT2D eigenvalue weighted by Gasteiger charge is 2.03. The minimum Gasteiger partial charge on any atom is -0.397 e. The summed E-state index contributed by atoms with van der Waals surface area (Å²) >= 11 is 5.91. The average Bonchev–Trinajstić information content (AvgIpc) is 1.99. The van der Waals surface area contributed by atoms with Crippen LogP contribution in [0.15, 0.2) is 12.1 Å². The van der Waals surface area contributed by atoms with Crippen LogP contribution in [0, 0.1) is 6.92 Å². The number of aryl methyl sites for hydroxylation is 1. The molecule has 0 spiro atoms. The van der Waals surface area contributed by atoms with E-state index in [1.165, 1.54) is 0 Å². The summed E-state index contributed by atoms with van der Waals surface area (Å²) in [5.74, 6) is 0.